The molecule has 1 atom stereocenters. The van der Waals surface area contributed by atoms with E-state index in [-0.39, 0.29) is 22.3 Å². The molecule has 166 valence electrons. The number of benzene rings is 1. The molecule has 1 aliphatic carbocycles. The van der Waals surface area contributed by atoms with Crippen molar-refractivity contribution in [1.29, 1.82) is 5.26 Å². The van der Waals surface area contributed by atoms with E-state index >= 15 is 0 Å². The molecule has 1 saturated carbocycles. The summed E-state index contributed by atoms with van der Waals surface area (Å²) in [5.41, 5.74) is 4.34. The van der Waals surface area contributed by atoms with Gasteiger partial charge >= 0.3 is 0 Å². The monoisotopic (exact) mass is 459 g/mol. The highest BCUT2D eigenvalue weighted by Crippen LogP contribution is 2.36. The minimum absolute atomic E-state index is 0.0616. The van der Waals surface area contributed by atoms with Crippen molar-refractivity contribution in [3.05, 3.63) is 74.4 Å². The van der Waals surface area contributed by atoms with E-state index < -0.39 is 0 Å². The van der Waals surface area contributed by atoms with Gasteiger partial charge in [-0.25, -0.2) is 4.98 Å². The predicted molar refractivity (Wildman–Crippen MR) is 127 cm³/mol. The van der Waals surface area contributed by atoms with Crippen LogP contribution in [0.4, 0.5) is 5.69 Å². The molecule has 0 radical (unpaired) electrons. The average molecular weight is 460 g/mol. The summed E-state index contributed by atoms with van der Waals surface area (Å²) in [4.78, 5) is 17.4. The summed E-state index contributed by atoms with van der Waals surface area (Å²) in [6.07, 6.45) is 5.95. The van der Waals surface area contributed by atoms with E-state index in [0.29, 0.717) is 34.0 Å². The molecule has 3 aromatic heterocycles. The molecule has 4 aromatic rings. The Balaban J connectivity index is 1.63. The number of halogens is 1. The average Bonchev–Trinajstić information content (AvgIpc) is 3.54. The molecule has 0 bridgehead atoms. The third-order valence-corrected chi connectivity index (χ3v) is 6.19. The van der Waals surface area contributed by atoms with Gasteiger partial charge in [-0.15, -0.1) is 0 Å². The molecule has 33 heavy (non-hydrogen) atoms. The fourth-order valence-electron chi connectivity index (χ4n) is 4.11. The Morgan fingerprint density at radius 3 is 2.82 bits per heavy atom. The van der Waals surface area contributed by atoms with Crippen LogP contribution in [0.3, 0.4) is 0 Å². The molecule has 7 nitrogen and oxygen atoms in total. The molecule has 1 aliphatic rings. The first kappa shape index (κ1) is 21.2. The van der Waals surface area contributed by atoms with E-state index in [1.165, 1.54) is 0 Å². The van der Waals surface area contributed by atoms with Gasteiger partial charge in [0, 0.05) is 17.3 Å². The Morgan fingerprint density at radius 2 is 2.09 bits per heavy atom. The molecule has 1 N–H and O–H groups in total. The van der Waals surface area contributed by atoms with Gasteiger partial charge in [-0.05, 0) is 57.4 Å². The van der Waals surface area contributed by atoms with Crippen LogP contribution in [-0.2, 0) is 0 Å². The van der Waals surface area contributed by atoms with Crippen LogP contribution in [-0.4, -0.2) is 14.8 Å². The van der Waals surface area contributed by atoms with Gasteiger partial charge in [0.2, 0.25) is 0 Å². The summed E-state index contributed by atoms with van der Waals surface area (Å²) >= 11 is 5.93. The summed E-state index contributed by atoms with van der Waals surface area (Å²) in [5.74, 6) is 0.530. The quantitative estimate of drug-likeness (QED) is 0.384. The van der Waals surface area contributed by atoms with Crippen molar-refractivity contribution < 1.29 is 4.42 Å². The smallest absolute Gasteiger partial charge is 0.196 e. The number of aryl methyl sites for hydroxylation is 1. The lowest BCUT2D eigenvalue weighted by Crippen LogP contribution is -2.13. The van der Waals surface area contributed by atoms with Crippen LogP contribution in [0.2, 0.25) is 5.15 Å². The van der Waals surface area contributed by atoms with Gasteiger partial charge in [0.05, 0.1) is 34.9 Å². The first-order valence-corrected chi connectivity index (χ1v) is 11.2. The molecule has 0 aliphatic heterocycles. The van der Waals surface area contributed by atoms with Crippen molar-refractivity contribution in [2.24, 2.45) is 0 Å². The second-order valence-electron chi connectivity index (χ2n) is 8.56. The highest BCUT2D eigenvalue weighted by Gasteiger charge is 2.26. The van der Waals surface area contributed by atoms with Gasteiger partial charge in [-0.3, -0.25) is 9.48 Å². The SMILES string of the molecule is Cc1cc([C@@H](C)Nc2ccc(Cl)nc2C#N)c2oc(-c3cnn(C4CC4)c3)c(C)c(=O)c2c1. The third-order valence-electron chi connectivity index (χ3n) is 5.98. The predicted octanol–water partition coefficient (Wildman–Crippen LogP) is 5.70. The summed E-state index contributed by atoms with van der Waals surface area (Å²) in [5, 5.41) is 18.0. The number of nitrogens with one attached hydrogen (secondary N) is 1. The van der Waals surface area contributed by atoms with Crippen molar-refractivity contribution in [3.8, 4) is 17.4 Å². The Labute approximate surface area is 195 Å². The van der Waals surface area contributed by atoms with E-state index in [9.17, 15) is 10.1 Å². The van der Waals surface area contributed by atoms with Gasteiger partial charge in [0.1, 0.15) is 22.6 Å². The largest absolute Gasteiger partial charge is 0.455 e. The molecule has 5 rings (SSSR count). The van der Waals surface area contributed by atoms with E-state index in [1.807, 2.05) is 36.9 Å². The molecule has 0 unspecified atom stereocenters. The number of rotatable bonds is 5. The number of hydrogen-bond acceptors (Lipinski definition) is 6. The number of anilines is 1. The second kappa shape index (κ2) is 8.05. The second-order valence-corrected chi connectivity index (χ2v) is 8.95. The van der Waals surface area contributed by atoms with E-state index in [4.69, 9.17) is 16.0 Å². The molecule has 0 spiro atoms. The van der Waals surface area contributed by atoms with Gasteiger partial charge in [0.25, 0.3) is 0 Å². The maximum absolute atomic E-state index is 13.3. The van der Waals surface area contributed by atoms with E-state index in [1.54, 1.807) is 25.3 Å². The summed E-state index contributed by atoms with van der Waals surface area (Å²) in [6.45, 7) is 5.69. The topological polar surface area (TPSA) is 96.7 Å². The zero-order valence-electron chi connectivity index (χ0n) is 18.5. The zero-order valence-corrected chi connectivity index (χ0v) is 19.3. The summed E-state index contributed by atoms with van der Waals surface area (Å²) in [7, 11) is 0. The van der Waals surface area contributed by atoms with Gasteiger partial charge in [-0.2, -0.15) is 10.4 Å². The first-order chi connectivity index (χ1) is 15.9. The van der Waals surface area contributed by atoms with E-state index in [2.05, 4.69) is 21.5 Å². The Kier molecular flexibility index (Phi) is 5.18. The van der Waals surface area contributed by atoms with Crippen LogP contribution in [0, 0.1) is 25.2 Å². The maximum atomic E-state index is 13.3. The van der Waals surface area contributed by atoms with Crippen LogP contribution in [0.25, 0.3) is 22.3 Å². The number of nitriles is 1. The fourth-order valence-corrected chi connectivity index (χ4v) is 4.25. The Morgan fingerprint density at radius 1 is 1.30 bits per heavy atom. The lowest BCUT2D eigenvalue weighted by atomic mass is 9.99. The number of fused-ring (bicyclic) bond motifs is 1. The third kappa shape index (κ3) is 3.87. The lowest BCUT2D eigenvalue weighted by molar-refractivity contribution is 0.604. The molecule has 0 amide bonds. The van der Waals surface area contributed by atoms with Crippen molar-refractivity contribution in [1.82, 2.24) is 14.8 Å². The highest BCUT2D eigenvalue weighted by atomic mass is 35.5. The molecule has 8 heteroatoms. The fraction of sp³-hybridized carbons (Fsp3) is 0.280. The Hall–Kier alpha value is -3.63. The number of hydrogen-bond donors (Lipinski definition) is 1. The molecule has 3 heterocycles. The highest BCUT2D eigenvalue weighted by molar-refractivity contribution is 6.29. The number of pyridine rings is 1. The standard InChI is InChI=1S/C25H22ClN5O2/c1-13-8-18(15(3)29-20-6-7-22(26)30-21(20)10-27)25-19(9-13)23(32)14(2)24(33-25)16-11-28-31(12-16)17-4-5-17/h6-9,11-12,15,17,29H,4-5H2,1-3H3/t15-/m1/s1. The molecular formula is C25H22ClN5O2. The summed E-state index contributed by atoms with van der Waals surface area (Å²) in [6, 6.07) is 9.43. The lowest BCUT2D eigenvalue weighted by Gasteiger charge is -2.19. The minimum atomic E-state index is -0.268. The maximum Gasteiger partial charge on any atom is 0.196 e. The number of aromatic nitrogens is 3. The zero-order chi connectivity index (χ0) is 23.3. The van der Waals surface area contributed by atoms with Crippen molar-refractivity contribution >= 4 is 28.3 Å². The van der Waals surface area contributed by atoms with Crippen LogP contribution in [0.5, 0.6) is 0 Å². The molecule has 0 saturated heterocycles. The minimum Gasteiger partial charge on any atom is -0.455 e. The molecule has 1 fully saturated rings. The van der Waals surface area contributed by atoms with Crippen molar-refractivity contribution in [2.75, 3.05) is 5.32 Å². The van der Waals surface area contributed by atoms with Crippen LogP contribution < -0.4 is 10.7 Å². The van der Waals surface area contributed by atoms with Crippen LogP contribution >= 0.6 is 11.6 Å². The van der Waals surface area contributed by atoms with E-state index in [0.717, 1.165) is 29.5 Å². The van der Waals surface area contributed by atoms with Crippen molar-refractivity contribution in [3.63, 3.8) is 0 Å². The molecule has 1 aromatic carbocycles. The van der Waals surface area contributed by atoms with Crippen LogP contribution in [0.15, 0.2) is 45.9 Å². The number of nitrogens with zero attached hydrogens (tertiary/aromatic N) is 4. The summed E-state index contributed by atoms with van der Waals surface area (Å²) < 4.78 is 8.34. The van der Waals surface area contributed by atoms with Gasteiger partial charge in [-0.1, -0.05) is 17.7 Å². The van der Waals surface area contributed by atoms with Crippen molar-refractivity contribution in [2.45, 2.75) is 45.7 Å². The first-order valence-electron chi connectivity index (χ1n) is 10.8. The normalized spacial score (nSPS) is 14.3. The van der Waals surface area contributed by atoms with Gasteiger partial charge < -0.3 is 9.73 Å². The van der Waals surface area contributed by atoms with Gasteiger partial charge in [0.15, 0.2) is 11.1 Å². The Bertz CT molecular complexity index is 1490. The molecular weight excluding hydrogens is 438 g/mol. The van der Waals surface area contributed by atoms with Crippen LogP contribution in [0.1, 0.15) is 54.2 Å².